The summed E-state index contributed by atoms with van der Waals surface area (Å²) in [6, 6.07) is 11.0. The van der Waals surface area contributed by atoms with Crippen LogP contribution in [0.3, 0.4) is 0 Å². The summed E-state index contributed by atoms with van der Waals surface area (Å²) in [6.45, 7) is 4.94. The molecule has 0 heterocycles. The molecule has 0 spiro atoms. The lowest BCUT2D eigenvalue weighted by Crippen LogP contribution is -2.10. The summed E-state index contributed by atoms with van der Waals surface area (Å²) in [5, 5.41) is 5.24. The van der Waals surface area contributed by atoms with Crippen LogP contribution in [0, 0.1) is 5.82 Å². The Morgan fingerprint density at radius 2 is 1.88 bits per heavy atom. The zero-order valence-electron chi connectivity index (χ0n) is 10.8. The van der Waals surface area contributed by atoms with Crippen LogP contribution in [0.5, 0.6) is 0 Å². The van der Waals surface area contributed by atoms with Crippen LogP contribution in [0.2, 0.25) is 0 Å². The summed E-state index contributed by atoms with van der Waals surface area (Å²) in [7, 11) is 1.94. The molecule has 1 nitrogen and oxygen atoms in total. The Labute approximate surface area is 103 Å². The first-order chi connectivity index (χ1) is 8.31. The van der Waals surface area contributed by atoms with Crippen LogP contribution in [0.4, 0.5) is 4.39 Å². The third kappa shape index (κ3) is 3.53. The summed E-state index contributed by atoms with van der Waals surface area (Å²) in [6.07, 6.45) is 0.972. The lowest BCUT2D eigenvalue weighted by molar-refractivity contribution is 0.629. The van der Waals surface area contributed by atoms with Crippen molar-refractivity contribution in [2.24, 2.45) is 0 Å². The van der Waals surface area contributed by atoms with E-state index in [1.807, 2.05) is 39.1 Å². The van der Waals surface area contributed by atoms with Crippen LogP contribution < -0.4 is 5.32 Å². The van der Waals surface area contributed by atoms with Crippen molar-refractivity contribution in [1.82, 2.24) is 5.32 Å². The third-order valence-electron chi connectivity index (χ3n) is 2.58. The molecule has 0 fully saturated rings. The zero-order valence-corrected chi connectivity index (χ0v) is 10.8. The van der Waals surface area contributed by atoms with Gasteiger partial charge in [0.2, 0.25) is 0 Å². The minimum absolute atomic E-state index is 0.173. The largest absolute Gasteiger partial charge is 0.319 e. The fourth-order valence-corrected chi connectivity index (χ4v) is 1.80. The maximum absolute atomic E-state index is 13.0. The second-order valence-corrected chi connectivity index (χ2v) is 3.64. The van der Waals surface area contributed by atoms with Crippen LogP contribution in [-0.4, -0.2) is 13.6 Å². The molecule has 0 amide bonds. The second kappa shape index (κ2) is 7.02. The highest BCUT2D eigenvalue weighted by Gasteiger charge is 2.01. The van der Waals surface area contributed by atoms with Gasteiger partial charge >= 0.3 is 0 Å². The SMILES string of the molecule is CC.CNCCc1cccc2cc(F)ccc12. The van der Waals surface area contributed by atoms with Gasteiger partial charge in [-0.3, -0.25) is 0 Å². The highest BCUT2D eigenvalue weighted by molar-refractivity contribution is 5.85. The maximum Gasteiger partial charge on any atom is 0.123 e. The maximum atomic E-state index is 13.0. The molecular formula is C15H20FN. The number of fused-ring (bicyclic) bond motifs is 1. The Morgan fingerprint density at radius 3 is 2.59 bits per heavy atom. The van der Waals surface area contributed by atoms with E-state index in [-0.39, 0.29) is 5.82 Å². The molecule has 17 heavy (non-hydrogen) atoms. The monoisotopic (exact) mass is 233 g/mol. The fraction of sp³-hybridized carbons (Fsp3) is 0.333. The molecule has 0 bridgehead atoms. The normalized spacial score (nSPS) is 9.88. The van der Waals surface area contributed by atoms with Crippen LogP contribution in [0.1, 0.15) is 19.4 Å². The van der Waals surface area contributed by atoms with Crippen molar-refractivity contribution in [3.05, 3.63) is 47.8 Å². The van der Waals surface area contributed by atoms with Crippen LogP contribution in [0.15, 0.2) is 36.4 Å². The number of hydrogen-bond acceptors (Lipinski definition) is 1. The predicted octanol–water partition coefficient (Wildman–Crippen LogP) is 3.77. The van der Waals surface area contributed by atoms with E-state index in [2.05, 4.69) is 11.4 Å². The first kappa shape index (κ1) is 13.7. The van der Waals surface area contributed by atoms with Crippen LogP contribution in [-0.2, 0) is 6.42 Å². The smallest absolute Gasteiger partial charge is 0.123 e. The molecule has 0 saturated carbocycles. The van der Waals surface area contributed by atoms with Crippen molar-refractivity contribution in [1.29, 1.82) is 0 Å². The van der Waals surface area contributed by atoms with Gasteiger partial charge in [-0.05, 0) is 48.5 Å². The standard InChI is InChI=1S/C13H14FN.C2H6/c1-15-8-7-10-3-2-4-11-9-12(14)5-6-13(10)11;1-2/h2-6,9,15H,7-8H2,1H3;1-2H3. The lowest BCUT2D eigenvalue weighted by Gasteiger charge is -2.06. The van der Waals surface area contributed by atoms with Gasteiger partial charge < -0.3 is 5.32 Å². The molecule has 0 aliphatic rings. The van der Waals surface area contributed by atoms with Crippen LogP contribution in [0.25, 0.3) is 10.8 Å². The molecule has 2 rings (SSSR count). The first-order valence-electron chi connectivity index (χ1n) is 6.13. The number of rotatable bonds is 3. The van der Waals surface area contributed by atoms with Gasteiger partial charge in [-0.2, -0.15) is 0 Å². The van der Waals surface area contributed by atoms with Gasteiger partial charge in [0.25, 0.3) is 0 Å². The summed E-state index contributed by atoms with van der Waals surface area (Å²) < 4.78 is 13.0. The summed E-state index contributed by atoms with van der Waals surface area (Å²) in [5.41, 5.74) is 1.27. The van der Waals surface area contributed by atoms with Crippen molar-refractivity contribution in [2.75, 3.05) is 13.6 Å². The fourth-order valence-electron chi connectivity index (χ4n) is 1.80. The number of likely N-dealkylation sites (N-methyl/N-ethyl adjacent to an activating group) is 1. The van der Waals surface area contributed by atoms with E-state index in [4.69, 9.17) is 0 Å². The Balaban J connectivity index is 0.000000686. The minimum Gasteiger partial charge on any atom is -0.319 e. The van der Waals surface area contributed by atoms with Gasteiger partial charge in [-0.25, -0.2) is 4.39 Å². The van der Waals surface area contributed by atoms with Gasteiger partial charge in [0, 0.05) is 0 Å². The number of hydrogen-bond donors (Lipinski definition) is 1. The Morgan fingerprint density at radius 1 is 1.12 bits per heavy atom. The summed E-state index contributed by atoms with van der Waals surface area (Å²) in [5.74, 6) is -0.173. The van der Waals surface area contributed by atoms with Crippen molar-refractivity contribution in [3.8, 4) is 0 Å². The predicted molar refractivity (Wildman–Crippen MR) is 72.9 cm³/mol. The quantitative estimate of drug-likeness (QED) is 0.851. The van der Waals surface area contributed by atoms with Gasteiger partial charge in [0.15, 0.2) is 0 Å². The second-order valence-electron chi connectivity index (χ2n) is 3.64. The molecule has 92 valence electrons. The van der Waals surface area contributed by atoms with Gasteiger partial charge in [-0.1, -0.05) is 38.1 Å². The Kier molecular flexibility index (Phi) is 5.64. The summed E-state index contributed by atoms with van der Waals surface area (Å²) in [4.78, 5) is 0. The highest BCUT2D eigenvalue weighted by Crippen LogP contribution is 2.20. The average molecular weight is 233 g/mol. The van der Waals surface area contributed by atoms with E-state index in [1.165, 1.54) is 11.6 Å². The Bertz CT molecular complexity index is 465. The van der Waals surface area contributed by atoms with E-state index < -0.39 is 0 Å². The van der Waals surface area contributed by atoms with Crippen molar-refractivity contribution >= 4 is 10.8 Å². The van der Waals surface area contributed by atoms with Gasteiger partial charge in [0.05, 0.1) is 0 Å². The minimum atomic E-state index is -0.173. The number of halogens is 1. The molecule has 1 N–H and O–H groups in total. The van der Waals surface area contributed by atoms with E-state index in [9.17, 15) is 4.39 Å². The molecule has 2 aromatic rings. The lowest BCUT2D eigenvalue weighted by atomic mass is 10.0. The van der Waals surface area contributed by atoms with E-state index in [0.29, 0.717) is 0 Å². The topological polar surface area (TPSA) is 12.0 Å². The van der Waals surface area contributed by atoms with E-state index in [0.717, 1.165) is 23.7 Å². The molecule has 2 heteroatoms. The molecule has 0 aromatic heterocycles. The molecule has 0 aliphatic heterocycles. The molecule has 0 unspecified atom stereocenters. The number of benzene rings is 2. The van der Waals surface area contributed by atoms with Gasteiger partial charge in [0.1, 0.15) is 5.82 Å². The highest BCUT2D eigenvalue weighted by atomic mass is 19.1. The van der Waals surface area contributed by atoms with Gasteiger partial charge in [-0.15, -0.1) is 0 Å². The molecule has 0 radical (unpaired) electrons. The van der Waals surface area contributed by atoms with Crippen molar-refractivity contribution in [3.63, 3.8) is 0 Å². The van der Waals surface area contributed by atoms with E-state index in [1.54, 1.807) is 6.07 Å². The Hall–Kier alpha value is -1.41. The van der Waals surface area contributed by atoms with Crippen molar-refractivity contribution < 1.29 is 4.39 Å². The molecule has 2 aromatic carbocycles. The number of nitrogens with one attached hydrogen (secondary N) is 1. The van der Waals surface area contributed by atoms with Crippen molar-refractivity contribution in [2.45, 2.75) is 20.3 Å². The zero-order chi connectivity index (χ0) is 12.7. The summed E-state index contributed by atoms with van der Waals surface area (Å²) >= 11 is 0. The average Bonchev–Trinajstić information content (AvgIpc) is 2.38. The van der Waals surface area contributed by atoms with E-state index >= 15 is 0 Å². The molecular weight excluding hydrogens is 213 g/mol. The van der Waals surface area contributed by atoms with Crippen LogP contribution >= 0.6 is 0 Å². The third-order valence-corrected chi connectivity index (χ3v) is 2.58. The molecule has 0 aliphatic carbocycles. The molecule has 0 saturated heterocycles. The molecule has 0 atom stereocenters. The first-order valence-corrected chi connectivity index (χ1v) is 6.13.